The summed E-state index contributed by atoms with van der Waals surface area (Å²) in [6.45, 7) is 3.91. The average molecular weight is 385 g/mol. The van der Waals surface area contributed by atoms with Crippen LogP contribution in [0, 0.1) is 13.8 Å². The molecule has 3 aromatic heterocycles. The predicted octanol–water partition coefficient (Wildman–Crippen LogP) is 3.04. The quantitative estimate of drug-likeness (QED) is 0.407. The number of H-pyrrole nitrogens is 1. The summed E-state index contributed by atoms with van der Waals surface area (Å²) in [5.41, 5.74) is 7.88. The molecule has 0 saturated carbocycles. The second kappa shape index (κ2) is 7.89. The second-order valence-corrected chi connectivity index (χ2v) is 6.45. The summed E-state index contributed by atoms with van der Waals surface area (Å²) in [6.07, 6.45) is 4.85. The van der Waals surface area contributed by atoms with Crippen LogP contribution in [-0.2, 0) is 0 Å². The van der Waals surface area contributed by atoms with E-state index in [-0.39, 0.29) is 5.91 Å². The van der Waals surface area contributed by atoms with Crippen LogP contribution >= 0.6 is 0 Å². The first-order chi connectivity index (χ1) is 14.1. The Balaban J connectivity index is 1.54. The minimum atomic E-state index is -0.380. The number of carbonyl (C=O) groups excluding carboxylic acids is 1. The van der Waals surface area contributed by atoms with Crippen molar-refractivity contribution in [3.05, 3.63) is 83.6 Å². The molecule has 0 unspecified atom stereocenters. The van der Waals surface area contributed by atoms with Crippen LogP contribution in [0.5, 0.6) is 0 Å². The van der Waals surface area contributed by atoms with E-state index in [0.29, 0.717) is 11.4 Å². The Bertz CT molecular complexity index is 1160. The molecule has 0 radical (unpaired) electrons. The molecular formula is C21H19N7O. The van der Waals surface area contributed by atoms with Crippen LogP contribution in [0.4, 0.5) is 0 Å². The maximum Gasteiger partial charge on any atom is 0.289 e. The molecule has 29 heavy (non-hydrogen) atoms. The van der Waals surface area contributed by atoms with E-state index in [2.05, 4.69) is 30.8 Å². The monoisotopic (exact) mass is 385 g/mol. The van der Waals surface area contributed by atoms with Crippen molar-refractivity contribution in [1.29, 1.82) is 0 Å². The van der Waals surface area contributed by atoms with Crippen LogP contribution in [0.25, 0.3) is 16.9 Å². The number of nitrogens with one attached hydrogen (secondary N) is 2. The smallest absolute Gasteiger partial charge is 0.272 e. The molecule has 0 saturated heterocycles. The predicted molar refractivity (Wildman–Crippen MR) is 110 cm³/mol. The lowest BCUT2D eigenvalue weighted by Gasteiger charge is -2.04. The van der Waals surface area contributed by atoms with Crippen LogP contribution in [0.3, 0.4) is 0 Å². The van der Waals surface area contributed by atoms with Gasteiger partial charge in [-0.2, -0.15) is 15.3 Å². The van der Waals surface area contributed by atoms with E-state index < -0.39 is 0 Å². The first kappa shape index (κ1) is 18.3. The molecule has 3 heterocycles. The lowest BCUT2D eigenvalue weighted by Crippen LogP contribution is -2.18. The molecule has 4 aromatic rings. The zero-order valence-electron chi connectivity index (χ0n) is 16.0. The molecule has 2 N–H and O–H groups in total. The highest BCUT2D eigenvalue weighted by Gasteiger charge is 2.18. The number of rotatable bonds is 5. The first-order valence-electron chi connectivity index (χ1n) is 9.04. The molecule has 144 valence electrons. The Labute approximate surface area is 167 Å². The lowest BCUT2D eigenvalue weighted by atomic mass is 10.1. The Kier molecular flexibility index (Phi) is 4.98. The number of hydrazone groups is 1. The maximum absolute atomic E-state index is 12.3. The Morgan fingerprint density at radius 3 is 2.76 bits per heavy atom. The molecule has 0 aliphatic rings. The van der Waals surface area contributed by atoms with E-state index >= 15 is 0 Å². The van der Waals surface area contributed by atoms with Crippen LogP contribution in [-0.4, -0.2) is 37.1 Å². The highest BCUT2D eigenvalue weighted by molar-refractivity contribution is 5.94. The van der Waals surface area contributed by atoms with E-state index in [0.717, 1.165) is 28.2 Å². The summed E-state index contributed by atoms with van der Waals surface area (Å²) in [4.78, 5) is 16.3. The number of hydrogen-bond acceptors (Lipinski definition) is 5. The summed E-state index contributed by atoms with van der Waals surface area (Å²) in [5, 5.41) is 15.6. The van der Waals surface area contributed by atoms with Gasteiger partial charge in [-0.1, -0.05) is 24.3 Å². The first-order valence-corrected chi connectivity index (χ1v) is 9.04. The van der Waals surface area contributed by atoms with Gasteiger partial charge in [0.05, 0.1) is 29.0 Å². The number of nitrogens with zero attached hydrogens (tertiary/aromatic N) is 5. The molecule has 0 aliphatic heterocycles. The fourth-order valence-corrected chi connectivity index (χ4v) is 3.08. The normalized spacial score (nSPS) is 11.1. The Morgan fingerprint density at radius 2 is 2.00 bits per heavy atom. The molecule has 8 nitrogen and oxygen atoms in total. The van der Waals surface area contributed by atoms with Crippen molar-refractivity contribution in [2.75, 3.05) is 0 Å². The van der Waals surface area contributed by atoms with Gasteiger partial charge in [0.1, 0.15) is 5.69 Å². The van der Waals surface area contributed by atoms with Gasteiger partial charge in [-0.05, 0) is 38.1 Å². The highest BCUT2D eigenvalue weighted by Crippen LogP contribution is 2.27. The van der Waals surface area contributed by atoms with E-state index in [1.807, 2.05) is 54.9 Å². The number of para-hydroxylation sites is 1. The molecule has 0 fully saturated rings. The van der Waals surface area contributed by atoms with Gasteiger partial charge in [0.2, 0.25) is 0 Å². The topological polar surface area (TPSA) is 101 Å². The number of carbonyl (C=O) groups is 1. The standard InChI is InChI=1S/C21H19N7O/c1-14-20(15(2)28(27-14)17-8-4-3-5-9-17)18-11-19(25-24-18)21(29)26-23-13-16-7-6-10-22-12-16/h3-13H,1-2H3,(H,24,25)(H,26,29). The summed E-state index contributed by atoms with van der Waals surface area (Å²) in [6, 6.07) is 15.2. The molecule has 1 amide bonds. The molecule has 0 aliphatic carbocycles. The minimum absolute atomic E-state index is 0.314. The molecule has 0 atom stereocenters. The second-order valence-electron chi connectivity index (χ2n) is 6.45. The zero-order chi connectivity index (χ0) is 20.2. The van der Waals surface area contributed by atoms with Gasteiger partial charge in [-0.3, -0.25) is 14.9 Å². The Morgan fingerprint density at radius 1 is 1.17 bits per heavy atom. The van der Waals surface area contributed by atoms with Gasteiger partial charge in [0, 0.05) is 23.5 Å². The van der Waals surface area contributed by atoms with Gasteiger partial charge in [0.25, 0.3) is 5.91 Å². The SMILES string of the molecule is Cc1nn(-c2ccccc2)c(C)c1-c1cc(C(=O)NN=Cc2cccnc2)[nH]n1. The van der Waals surface area contributed by atoms with Crippen molar-refractivity contribution in [2.45, 2.75) is 13.8 Å². The van der Waals surface area contributed by atoms with Crippen molar-refractivity contribution in [2.24, 2.45) is 5.10 Å². The van der Waals surface area contributed by atoms with E-state index in [1.54, 1.807) is 24.5 Å². The number of aryl methyl sites for hydroxylation is 1. The van der Waals surface area contributed by atoms with Gasteiger partial charge in [-0.15, -0.1) is 0 Å². The fraction of sp³-hybridized carbons (Fsp3) is 0.0952. The third kappa shape index (κ3) is 3.81. The number of aromatic amines is 1. The van der Waals surface area contributed by atoms with Crippen LogP contribution in [0.1, 0.15) is 27.4 Å². The van der Waals surface area contributed by atoms with Gasteiger partial charge in [-0.25, -0.2) is 10.1 Å². The van der Waals surface area contributed by atoms with E-state index in [9.17, 15) is 4.79 Å². The van der Waals surface area contributed by atoms with Crippen molar-refractivity contribution in [3.63, 3.8) is 0 Å². The molecule has 1 aromatic carbocycles. The number of benzene rings is 1. The summed E-state index contributed by atoms with van der Waals surface area (Å²) < 4.78 is 1.87. The van der Waals surface area contributed by atoms with Crippen molar-refractivity contribution in [3.8, 4) is 16.9 Å². The van der Waals surface area contributed by atoms with E-state index in [4.69, 9.17) is 0 Å². The molecular weight excluding hydrogens is 366 g/mol. The van der Waals surface area contributed by atoms with Crippen molar-refractivity contribution >= 4 is 12.1 Å². The summed E-state index contributed by atoms with van der Waals surface area (Å²) in [7, 11) is 0. The summed E-state index contributed by atoms with van der Waals surface area (Å²) >= 11 is 0. The Hall–Kier alpha value is -4.07. The minimum Gasteiger partial charge on any atom is -0.272 e. The van der Waals surface area contributed by atoms with E-state index in [1.165, 1.54) is 6.21 Å². The largest absolute Gasteiger partial charge is 0.289 e. The molecule has 4 rings (SSSR count). The third-order valence-electron chi connectivity index (χ3n) is 4.43. The van der Waals surface area contributed by atoms with Crippen molar-refractivity contribution < 1.29 is 4.79 Å². The van der Waals surface area contributed by atoms with Crippen molar-refractivity contribution in [1.82, 2.24) is 30.4 Å². The van der Waals surface area contributed by atoms with Gasteiger partial charge < -0.3 is 0 Å². The van der Waals surface area contributed by atoms with Crippen LogP contribution < -0.4 is 5.43 Å². The number of pyridine rings is 1. The zero-order valence-corrected chi connectivity index (χ0v) is 16.0. The van der Waals surface area contributed by atoms with Gasteiger partial charge >= 0.3 is 0 Å². The fourth-order valence-electron chi connectivity index (χ4n) is 3.08. The lowest BCUT2D eigenvalue weighted by molar-refractivity contribution is 0.0950. The number of hydrogen-bond donors (Lipinski definition) is 2. The average Bonchev–Trinajstić information content (AvgIpc) is 3.33. The molecule has 0 bridgehead atoms. The highest BCUT2D eigenvalue weighted by atomic mass is 16.2. The summed E-state index contributed by atoms with van der Waals surface area (Å²) in [5.74, 6) is -0.380. The maximum atomic E-state index is 12.3. The third-order valence-corrected chi connectivity index (χ3v) is 4.43. The van der Waals surface area contributed by atoms with Crippen LogP contribution in [0.15, 0.2) is 66.0 Å². The number of aromatic nitrogens is 5. The van der Waals surface area contributed by atoms with Crippen LogP contribution in [0.2, 0.25) is 0 Å². The van der Waals surface area contributed by atoms with Gasteiger partial charge in [0.15, 0.2) is 0 Å². The molecule has 0 spiro atoms. The number of amides is 1. The molecule has 8 heteroatoms.